The van der Waals surface area contributed by atoms with E-state index in [1.165, 1.54) is 0 Å². The van der Waals surface area contributed by atoms with Crippen LogP contribution in [0.1, 0.15) is 5.69 Å². The average molecular weight is 215 g/mol. The third-order valence-corrected chi connectivity index (χ3v) is 2.11. The van der Waals surface area contributed by atoms with E-state index in [1.54, 1.807) is 19.4 Å². The van der Waals surface area contributed by atoms with Crippen LogP contribution in [0.4, 0.5) is 11.6 Å². The van der Waals surface area contributed by atoms with Gasteiger partial charge in [0.05, 0.1) is 7.11 Å². The molecule has 2 rings (SSSR count). The SMILES string of the molecule is COc1ccnc(Nc2cccc(C)n2)c1. The number of aromatic nitrogens is 2. The second-order valence-electron chi connectivity index (χ2n) is 3.37. The molecule has 16 heavy (non-hydrogen) atoms. The summed E-state index contributed by atoms with van der Waals surface area (Å²) in [6.45, 7) is 1.95. The number of rotatable bonds is 3. The molecule has 0 spiro atoms. The molecule has 0 aliphatic rings. The molecule has 0 fully saturated rings. The van der Waals surface area contributed by atoms with Crippen molar-refractivity contribution in [1.82, 2.24) is 9.97 Å². The van der Waals surface area contributed by atoms with Crippen molar-refractivity contribution in [3.63, 3.8) is 0 Å². The summed E-state index contributed by atoms with van der Waals surface area (Å²) in [6.07, 6.45) is 1.69. The molecule has 82 valence electrons. The van der Waals surface area contributed by atoms with Gasteiger partial charge in [0.15, 0.2) is 0 Å². The fraction of sp³-hybridized carbons (Fsp3) is 0.167. The highest BCUT2D eigenvalue weighted by Gasteiger charge is 1.99. The zero-order chi connectivity index (χ0) is 11.4. The Kier molecular flexibility index (Phi) is 3.00. The van der Waals surface area contributed by atoms with E-state index >= 15 is 0 Å². The minimum absolute atomic E-state index is 0.720. The monoisotopic (exact) mass is 215 g/mol. The second-order valence-corrected chi connectivity index (χ2v) is 3.37. The first kappa shape index (κ1) is 10.4. The first-order valence-corrected chi connectivity index (χ1v) is 4.98. The maximum Gasteiger partial charge on any atom is 0.135 e. The van der Waals surface area contributed by atoms with E-state index in [4.69, 9.17) is 4.74 Å². The zero-order valence-electron chi connectivity index (χ0n) is 9.27. The fourth-order valence-electron chi connectivity index (χ4n) is 1.35. The third-order valence-electron chi connectivity index (χ3n) is 2.11. The van der Waals surface area contributed by atoms with Gasteiger partial charge in [0.2, 0.25) is 0 Å². The minimum atomic E-state index is 0.720. The van der Waals surface area contributed by atoms with Crippen LogP contribution in [0.15, 0.2) is 36.5 Å². The van der Waals surface area contributed by atoms with Crippen molar-refractivity contribution in [3.05, 3.63) is 42.2 Å². The van der Waals surface area contributed by atoms with E-state index in [-0.39, 0.29) is 0 Å². The summed E-state index contributed by atoms with van der Waals surface area (Å²) in [6, 6.07) is 9.42. The van der Waals surface area contributed by atoms with Crippen molar-refractivity contribution >= 4 is 11.6 Å². The molecule has 0 radical (unpaired) electrons. The maximum absolute atomic E-state index is 5.12. The van der Waals surface area contributed by atoms with Gasteiger partial charge in [-0.2, -0.15) is 0 Å². The van der Waals surface area contributed by atoms with Gasteiger partial charge in [-0.3, -0.25) is 0 Å². The molecule has 0 aliphatic carbocycles. The molecule has 0 saturated carbocycles. The number of methoxy groups -OCH3 is 1. The van der Waals surface area contributed by atoms with Crippen LogP contribution in [0.3, 0.4) is 0 Å². The normalized spacial score (nSPS) is 9.88. The molecule has 1 N–H and O–H groups in total. The van der Waals surface area contributed by atoms with E-state index < -0.39 is 0 Å². The number of anilines is 2. The number of nitrogens with one attached hydrogen (secondary N) is 1. The molecule has 2 aromatic rings. The van der Waals surface area contributed by atoms with E-state index in [0.717, 1.165) is 23.1 Å². The largest absolute Gasteiger partial charge is 0.497 e. The number of hydrogen-bond donors (Lipinski definition) is 1. The lowest BCUT2D eigenvalue weighted by Crippen LogP contribution is -1.97. The van der Waals surface area contributed by atoms with Gasteiger partial charge >= 0.3 is 0 Å². The molecule has 0 amide bonds. The van der Waals surface area contributed by atoms with E-state index in [2.05, 4.69) is 15.3 Å². The van der Waals surface area contributed by atoms with Crippen molar-refractivity contribution < 1.29 is 4.74 Å². The number of aryl methyl sites for hydroxylation is 1. The molecule has 0 aromatic carbocycles. The zero-order valence-corrected chi connectivity index (χ0v) is 9.27. The van der Waals surface area contributed by atoms with Gasteiger partial charge in [-0.15, -0.1) is 0 Å². The Bertz CT molecular complexity index is 485. The van der Waals surface area contributed by atoms with Gasteiger partial charge in [-0.25, -0.2) is 9.97 Å². The van der Waals surface area contributed by atoms with Gasteiger partial charge in [0.25, 0.3) is 0 Å². The molecule has 4 heteroatoms. The van der Waals surface area contributed by atoms with Crippen molar-refractivity contribution in [2.45, 2.75) is 6.92 Å². The van der Waals surface area contributed by atoms with Gasteiger partial charge in [-0.1, -0.05) is 6.07 Å². The number of pyridine rings is 2. The lowest BCUT2D eigenvalue weighted by Gasteiger charge is -2.06. The summed E-state index contributed by atoms with van der Waals surface area (Å²) in [5.74, 6) is 2.27. The Morgan fingerprint density at radius 2 is 2.06 bits per heavy atom. The highest BCUT2D eigenvalue weighted by molar-refractivity contribution is 5.53. The summed E-state index contributed by atoms with van der Waals surface area (Å²) >= 11 is 0. The van der Waals surface area contributed by atoms with Crippen molar-refractivity contribution in [1.29, 1.82) is 0 Å². The highest BCUT2D eigenvalue weighted by atomic mass is 16.5. The summed E-state index contributed by atoms with van der Waals surface area (Å²) in [5.41, 5.74) is 0.966. The van der Waals surface area contributed by atoms with Crippen molar-refractivity contribution in [2.75, 3.05) is 12.4 Å². The topological polar surface area (TPSA) is 47.0 Å². The molecule has 0 atom stereocenters. The number of ether oxygens (including phenoxy) is 1. The summed E-state index contributed by atoms with van der Waals surface area (Å²) < 4.78 is 5.12. The minimum Gasteiger partial charge on any atom is -0.497 e. The first-order valence-electron chi connectivity index (χ1n) is 4.98. The summed E-state index contributed by atoms with van der Waals surface area (Å²) in [7, 11) is 1.63. The highest BCUT2D eigenvalue weighted by Crippen LogP contribution is 2.17. The quantitative estimate of drug-likeness (QED) is 0.854. The van der Waals surface area contributed by atoms with Crippen LogP contribution in [-0.4, -0.2) is 17.1 Å². The van der Waals surface area contributed by atoms with Gasteiger partial charge in [0.1, 0.15) is 17.4 Å². The first-order chi connectivity index (χ1) is 7.78. The molecular weight excluding hydrogens is 202 g/mol. The number of nitrogens with zero attached hydrogens (tertiary/aromatic N) is 2. The van der Waals surface area contributed by atoms with Gasteiger partial charge < -0.3 is 10.1 Å². The average Bonchev–Trinajstić information content (AvgIpc) is 2.29. The predicted octanol–water partition coefficient (Wildman–Crippen LogP) is 2.54. The Morgan fingerprint density at radius 3 is 2.81 bits per heavy atom. The molecule has 2 aromatic heterocycles. The number of hydrogen-bond acceptors (Lipinski definition) is 4. The fourth-order valence-corrected chi connectivity index (χ4v) is 1.35. The smallest absolute Gasteiger partial charge is 0.135 e. The Balaban J connectivity index is 2.20. The van der Waals surface area contributed by atoms with E-state index in [1.807, 2.05) is 31.2 Å². The molecular formula is C12H13N3O. The third kappa shape index (κ3) is 2.48. The van der Waals surface area contributed by atoms with Crippen LogP contribution in [0.5, 0.6) is 5.75 Å². The lowest BCUT2D eigenvalue weighted by atomic mass is 10.3. The van der Waals surface area contributed by atoms with Crippen LogP contribution in [0.2, 0.25) is 0 Å². The van der Waals surface area contributed by atoms with Crippen LogP contribution in [-0.2, 0) is 0 Å². The standard InChI is InChI=1S/C12H13N3O/c1-9-4-3-5-11(14-9)15-12-8-10(16-2)6-7-13-12/h3-8H,1-2H3,(H,13,14,15). The van der Waals surface area contributed by atoms with Crippen LogP contribution < -0.4 is 10.1 Å². The summed E-state index contributed by atoms with van der Waals surface area (Å²) in [5, 5.41) is 3.12. The van der Waals surface area contributed by atoms with Crippen molar-refractivity contribution in [3.8, 4) is 5.75 Å². The van der Waals surface area contributed by atoms with Crippen LogP contribution in [0.25, 0.3) is 0 Å². The molecule has 0 bridgehead atoms. The van der Waals surface area contributed by atoms with Crippen LogP contribution >= 0.6 is 0 Å². The Labute approximate surface area is 94.3 Å². The van der Waals surface area contributed by atoms with E-state index in [0.29, 0.717) is 0 Å². The second kappa shape index (κ2) is 4.61. The van der Waals surface area contributed by atoms with Gasteiger partial charge in [-0.05, 0) is 25.1 Å². The van der Waals surface area contributed by atoms with E-state index in [9.17, 15) is 0 Å². The Hall–Kier alpha value is -2.10. The summed E-state index contributed by atoms with van der Waals surface area (Å²) in [4.78, 5) is 8.51. The Morgan fingerprint density at radius 1 is 1.19 bits per heavy atom. The molecule has 0 aliphatic heterocycles. The molecule has 4 nitrogen and oxygen atoms in total. The predicted molar refractivity (Wildman–Crippen MR) is 63.0 cm³/mol. The maximum atomic E-state index is 5.12. The molecule has 2 heterocycles. The van der Waals surface area contributed by atoms with Crippen LogP contribution in [0, 0.1) is 6.92 Å². The lowest BCUT2D eigenvalue weighted by molar-refractivity contribution is 0.414. The van der Waals surface area contributed by atoms with Gasteiger partial charge in [0, 0.05) is 18.0 Å². The molecule has 0 saturated heterocycles. The van der Waals surface area contributed by atoms with Crippen molar-refractivity contribution in [2.24, 2.45) is 0 Å². The molecule has 0 unspecified atom stereocenters.